The van der Waals surface area contributed by atoms with Crippen molar-refractivity contribution in [3.63, 3.8) is 0 Å². The van der Waals surface area contributed by atoms with E-state index in [-0.39, 0.29) is 0 Å². The fourth-order valence-electron chi connectivity index (χ4n) is 6.15. The molecule has 2 aromatic heterocycles. The maximum Gasteiger partial charge on any atom is 0.229 e. The number of benzene rings is 2. The number of rotatable bonds is 10. The molecule has 2 saturated heterocycles. The molecule has 0 unspecified atom stereocenters. The Balaban J connectivity index is 1.23. The molecule has 0 bridgehead atoms. The summed E-state index contributed by atoms with van der Waals surface area (Å²) in [5.41, 5.74) is 6.65. The summed E-state index contributed by atoms with van der Waals surface area (Å²) >= 11 is 5.11. The van der Waals surface area contributed by atoms with Crippen LogP contribution in [-0.2, 0) is 6.42 Å². The van der Waals surface area contributed by atoms with Crippen LogP contribution in [0.25, 0.3) is 11.0 Å². The van der Waals surface area contributed by atoms with Crippen LogP contribution in [0.1, 0.15) is 38.2 Å². The number of methoxy groups -OCH3 is 1. The highest BCUT2D eigenvalue weighted by Gasteiger charge is 2.28. The molecule has 0 aliphatic carbocycles. The number of halogens is 1. The summed E-state index contributed by atoms with van der Waals surface area (Å²) in [6, 6.07) is 8.99. The molecule has 0 amide bonds. The van der Waals surface area contributed by atoms with Crippen molar-refractivity contribution < 1.29 is 4.74 Å². The predicted molar refractivity (Wildman–Crippen MR) is 181 cm³/mol. The molecule has 2 aliphatic heterocycles. The molecule has 2 aromatic carbocycles. The molecule has 3 N–H and O–H groups in total. The molecule has 4 aromatic rings. The van der Waals surface area contributed by atoms with E-state index < -0.39 is 0 Å². The van der Waals surface area contributed by atoms with Crippen molar-refractivity contribution in [1.82, 2.24) is 24.8 Å². The van der Waals surface area contributed by atoms with E-state index in [1.54, 1.807) is 25.7 Å². The van der Waals surface area contributed by atoms with Gasteiger partial charge in [-0.1, -0.05) is 18.9 Å². The van der Waals surface area contributed by atoms with Gasteiger partial charge in [0.25, 0.3) is 0 Å². The van der Waals surface area contributed by atoms with Gasteiger partial charge >= 0.3 is 0 Å². The van der Waals surface area contributed by atoms with Gasteiger partial charge in [-0.2, -0.15) is 4.98 Å². The van der Waals surface area contributed by atoms with Gasteiger partial charge in [-0.25, -0.2) is 4.98 Å². The van der Waals surface area contributed by atoms with Crippen LogP contribution in [0.2, 0.25) is 0 Å². The SMILES string of the molecule is CCc1cc(Nc2ncc(Br)c(Nc3ccc4nccnc4c3NSC)n2)c(OC)cc1N1CCC(N2CCCC2)CC1. The largest absolute Gasteiger partial charge is 0.494 e. The van der Waals surface area contributed by atoms with E-state index in [0.717, 1.165) is 63.9 Å². The van der Waals surface area contributed by atoms with E-state index in [9.17, 15) is 0 Å². The number of hydrogen-bond acceptors (Lipinski definition) is 11. The molecule has 2 fully saturated rings. The van der Waals surface area contributed by atoms with Crippen LogP contribution in [-0.4, -0.2) is 70.4 Å². The van der Waals surface area contributed by atoms with Gasteiger partial charge in [0.2, 0.25) is 5.95 Å². The lowest BCUT2D eigenvalue weighted by Gasteiger charge is -2.38. The molecule has 12 heteroatoms. The quantitative estimate of drug-likeness (QED) is 0.153. The van der Waals surface area contributed by atoms with Gasteiger partial charge in [0.05, 0.1) is 34.2 Å². The Morgan fingerprint density at radius 3 is 2.53 bits per heavy atom. The first-order valence-electron chi connectivity index (χ1n) is 14.9. The first-order chi connectivity index (χ1) is 21.1. The summed E-state index contributed by atoms with van der Waals surface area (Å²) in [7, 11) is 1.72. The highest BCUT2D eigenvalue weighted by Crippen LogP contribution is 2.38. The maximum atomic E-state index is 5.88. The molecule has 0 spiro atoms. The third kappa shape index (κ3) is 6.46. The highest BCUT2D eigenvalue weighted by molar-refractivity contribution is 9.10. The van der Waals surface area contributed by atoms with E-state index in [4.69, 9.17) is 9.72 Å². The molecule has 4 heterocycles. The average molecular weight is 665 g/mol. The first-order valence-corrected chi connectivity index (χ1v) is 16.9. The zero-order valence-corrected chi connectivity index (χ0v) is 27.3. The number of nitrogens with one attached hydrogen (secondary N) is 3. The Morgan fingerprint density at radius 1 is 1.00 bits per heavy atom. The Hall–Kier alpha value is -3.35. The molecule has 2 aliphatic rings. The molecule has 0 radical (unpaired) electrons. The Labute approximate surface area is 265 Å². The number of aryl methyl sites for hydroxylation is 1. The van der Waals surface area contributed by atoms with E-state index in [1.165, 1.54) is 62.0 Å². The summed E-state index contributed by atoms with van der Waals surface area (Å²) in [6.07, 6.45) is 13.1. The lowest BCUT2D eigenvalue weighted by molar-refractivity contribution is 0.208. The number of fused-ring (bicyclic) bond motifs is 1. The molecule has 226 valence electrons. The summed E-state index contributed by atoms with van der Waals surface area (Å²) in [4.78, 5) is 23.6. The number of anilines is 6. The molecule has 43 heavy (non-hydrogen) atoms. The Morgan fingerprint density at radius 2 is 1.79 bits per heavy atom. The highest BCUT2D eigenvalue weighted by atomic mass is 79.9. The van der Waals surface area contributed by atoms with Crippen LogP contribution in [0.5, 0.6) is 5.75 Å². The average Bonchev–Trinajstić information content (AvgIpc) is 3.59. The fraction of sp³-hybridized carbons (Fsp3) is 0.419. The van der Waals surface area contributed by atoms with E-state index >= 15 is 0 Å². The van der Waals surface area contributed by atoms with Crippen LogP contribution in [0.3, 0.4) is 0 Å². The van der Waals surface area contributed by atoms with Crippen LogP contribution in [0.4, 0.5) is 34.5 Å². The van der Waals surface area contributed by atoms with Gasteiger partial charge in [0, 0.05) is 55.7 Å². The molecule has 10 nitrogen and oxygen atoms in total. The summed E-state index contributed by atoms with van der Waals surface area (Å²) in [5, 5.41) is 6.87. The normalized spacial score (nSPS) is 16.0. The minimum atomic E-state index is 0.463. The van der Waals surface area contributed by atoms with Crippen molar-refractivity contribution in [3.8, 4) is 5.75 Å². The van der Waals surface area contributed by atoms with E-state index in [2.05, 4.69) is 75.1 Å². The Bertz CT molecular complexity index is 1570. The van der Waals surface area contributed by atoms with Gasteiger partial charge < -0.3 is 29.9 Å². The minimum Gasteiger partial charge on any atom is -0.494 e. The second kappa shape index (κ2) is 13.5. The van der Waals surface area contributed by atoms with Crippen molar-refractivity contribution in [2.45, 2.75) is 45.1 Å². The zero-order chi connectivity index (χ0) is 29.8. The Kier molecular flexibility index (Phi) is 9.34. The number of aromatic nitrogens is 4. The van der Waals surface area contributed by atoms with Crippen molar-refractivity contribution in [2.24, 2.45) is 0 Å². The molecular formula is C31H38BrN9OS. The van der Waals surface area contributed by atoms with E-state index in [1.807, 2.05) is 18.4 Å². The topological polar surface area (TPSA) is 103 Å². The smallest absolute Gasteiger partial charge is 0.229 e. The third-order valence-electron chi connectivity index (χ3n) is 8.33. The van der Waals surface area contributed by atoms with Crippen LogP contribution < -0.4 is 25.0 Å². The minimum absolute atomic E-state index is 0.463. The monoisotopic (exact) mass is 663 g/mol. The van der Waals surface area contributed by atoms with Crippen molar-refractivity contribution in [2.75, 3.05) is 59.8 Å². The van der Waals surface area contributed by atoms with Crippen molar-refractivity contribution >= 4 is 73.4 Å². The summed E-state index contributed by atoms with van der Waals surface area (Å²) < 4.78 is 9.96. The molecule has 0 saturated carbocycles. The fourth-order valence-corrected chi connectivity index (χ4v) is 6.85. The van der Waals surface area contributed by atoms with Gasteiger partial charge in [0.1, 0.15) is 17.1 Å². The summed E-state index contributed by atoms with van der Waals surface area (Å²) in [6.45, 7) is 6.88. The van der Waals surface area contributed by atoms with Crippen LogP contribution >= 0.6 is 27.9 Å². The number of ether oxygens (including phenoxy) is 1. The van der Waals surface area contributed by atoms with Crippen molar-refractivity contribution in [1.29, 1.82) is 0 Å². The lowest BCUT2D eigenvalue weighted by Crippen LogP contribution is -2.44. The molecule has 0 atom stereocenters. The van der Waals surface area contributed by atoms with Gasteiger partial charge in [0.15, 0.2) is 0 Å². The third-order valence-corrected chi connectivity index (χ3v) is 9.32. The van der Waals surface area contributed by atoms with Gasteiger partial charge in [-0.05, 0) is 84.9 Å². The number of likely N-dealkylation sites (tertiary alicyclic amines) is 1. The standard InChI is InChI=1S/C31H38BrN9OS/c1-4-20-17-25(27(42-2)18-26(20)41-15-9-21(10-16-41)40-13-5-6-14-40)37-31-35-19-22(32)30(38-31)36-24-8-7-23-28(29(24)39-43-3)34-12-11-33-23/h7-8,11-12,17-19,21,39H,4-6,9-10,13-16H2,1-3H3,(H2,35,36,37,38). The van der Waals surface area contributed by atoms with E-state index in [0.29, 0.717) is 11.8 Å². The number of nitrogens with zero attached hydrogens (tertiary/aromatic N) is 6. The van der Waals surface area contributed by atoms with Gasteiger partial charge in [-0.15, -0.1) is 0 Å². The second-order valence-electron chi connectivity index (χ2n) is 10.9. The maximum absolute atomic E-state index is 5.88. The summed E-state index contributed by atoms with van der Waals surface area (Å²) in [5.74, 6) is 1.86. The predicted octanol–water partition coefficient (Wildman–Crippen LogP) is 7.00. The number of hydrogen-bond donors (Lipinski definition) is 3. The second-order valence-corrected chi connectivity index (χ2v) is 12.3. The molecule has 6 rings (SSSR count). The number of piperidine rings is 1. The van der Waals surface area contributed by atoms with Gasteiger partial charge in [-0.3, -0.25) is 9.97 Å². The first kappa shape index (κ1) is 29.7. The molecular weight excluding hydrogens is 626 g/mol. The lowest BCUT2D eigenvalue weighted by atomic mass is 10.0. The zero-order valence-electron chi connectivity index (χ0n) is 24.9. The van der Waals surface area contributed by atoms with Crippen molar-refractivity contribution in [3.05, 3.63) is 52.9 Å². The van der Waals surface area contributed by atoms with Crippen LogP contribution in [0, 0.1) is 0 Å². The van der Waals surface area contributed by atoms with Crippen LogP contribution in [0.15, 0.2) is 47.3 Å².